The van der Waals surface area contributed by atoms with Gasteiger partial charge in [-0.2, -0.15) is 5.10 Å². The Hall–Kier alpha value is -2.41. The highest BCUT2D eigenvalue weighted by Gasteiger charge is 2.26. The lowest BCUT2D eigenvalue weighted by Gasteiger charge is -2.32. The highest BCUT2D eigenvalue weighted by molar-refractivity contribution is 5.90. The molecule has 0 aliphatic carbocycles. The van der Waals surface area contributed by atoms with Crippen LogP contribution in [-0.2, 0) is 6.54 Å². The first-order valence-electron chi connectivity index (χ1n) is 8.28. The van der Waals surface area contributed by atoms with Gasteiger partial charge in [-0.15, -0.1) is 0 Å². The number of carbonyl (C=O) groups excluding carboxylic acids is 1. The summed E-state index contributed by atoms with van der Waals surface area (Å²) in [6, 6.07) is 3.76. The molecular weight excluding hydrogens is 306 g/mol. The molecule has 0 aromatic carbocycles. The zero-order chi connectivity index (χ0) is 16.9. The summed E-state index contributed by atoms with van der Waals surface area (Å²) < 4.78 is 1.86. The summed E-state index contributed by atoms with van der Waals surface area (Å²) in [5, 5.41) is 16.3. The number of nitrogens with one attached hydrogen (secondary N) is 1. The number of pyridine rings is 1. The number of aliphatic hydroxyl groups excluding tert-OH is 1. The molecule has 0 spiro atoms. The molecule has 1 aliphatic heterocycles. The third-order valence-electron chi connectivity index (χ3n) is 4.52. The summed E-state index contributed by atoms with van der Waals surface area (Å²) >= 11 is 0. The van der Waals surface area contributed by atoms with Gasteiger partial charge in [-0.1, -0.05) is 0 Å². The molecule has 3 rings (SSSR count). The first kappa shape index (κ1) is 16.4. The maximum absolute atomic E-state index is 12.4. The zero-order valence-corrected chi connectivity index (χ0v) is 13.9. The molecule has 3 heterocycles. The number of amides is 2. The number of likely N-dealkylation sites (tertiary alicyclic amines) is 1. The number of rotatable bonds is 4. The molecule has 0 unspecified atom stereocenters. The molecule has 2 aromatic heterocycles. The van der Waals surface area contributed by atoms with E-state index in [1.165, 1.54) is 0 Å². The lowest BCUT2D eigenvalue weighted by atomic mass is 9.93. The van der Waals surface area contributed by atoms with Crippen molar-refractivity contribution >= 4 is 11.7 Å². The average molecular weight is 329 g/mol. The van der Waals surface area contributed by atoms with Gasteiger partial charge in [0.05, 0.1) is 13.2 Å². The van der Waals surface area contributed by atoms with Gasteiger partial charge in [-0.3, -0.25) is 9.67 Å². The van der Waals surface area contributed by atoms with Gasteiger partial charge in [0.15, 0.2) is 0 Å². The first-order valence-corrected chi connectivity index (χ1v) is 8.28. The molecule has 24 heavy (non-hydrogen) atoms. The van der Waals surface area contributed by atoms with Crippen molar-refractivity contribution in [2.24, 2.45) is 0 Å². The number of aliphatic hydroxyl groups is 1. The van der Waals surface area contributed by atoms with Crippen molar-refractivity contribution in [1.82, 2.24) is 19.7 Å². The SMILES string of the molecule is Cc1cnccc1NC(=O)N1CCC(c2ccnn2CCO)CC1. The molecule has 1 fully saturated rings. The number of piperidine rings is 1. The molecule has 1 aliphatic rings. The number of hydrogen-bond donors (Lipinski definition) is 2. The van der Waals surface area contributed by atoms with Crippen LogP contribution in [0.25, 0.3) is 0 Å². The molecule has 7 heteroatoms. The number of carbonyl (C=O) groups is 1. The molecule has 128 valence electrons. The molecule has 0 radical (unpaired) electrons. The van der Waals surface area contributed by atoms with Crippen LogP contribution in [0.5, 0.6) is 0 Å². The fourth-order valence-corrected chi connectivity index (χ4v) is 3.16. The normalized spacial score (nSPS) is 15.5. The summed E-state index contributed by atoms with van der Waals surface area (Å²) in [5.74, 6) is 0.380. The number of urea groups is 1. The van der Waals surface area contributed by atoms with E-state index < -0.39 is 0 Å². The summed E-state index contributed by atoms with van der Waals surface area (Å²) in [4.78, 5) is 18.3. The zero-order valence-electron chi connectivity index (χ0n) is 13.9. The fraction of sp³-hybridized carbons (Fsp3) is 0.471. The minimum Gasteiger partial charge on any atom is -0.394 e. The number of anilines is 1. The van der Waals surface area contributed by atoms with Crippen LogP contribution in [0.4, 0.5) is 10.5 Å². The molecule has 2 aromatic rings. The Balaban J connectivity index is 1.57. The second kappa shape index (κ2) is 7.44. The van der Waals surface area contributed by atoms with Gasteiger partial charge in [-0.25, -0.2) is 4.79 Å². The maximum Gasteiger partial charge on any atom is 0.321 e. The number of hydrogen-bond acceptors (Lipinski definition) is 4. The standard InChI is InChI=1S/C17H23N5O2/c1-13-12-18-6-2-15(13)20-17(24)21-8-4-14(5-9-21)16-3-7-19-22(16)10-11-23/h2-3,6-7,12,14,23H,4-5,8-11H2,1H3,(H,18,20,24). The Labute approximate surface area is 141 Å². The summed E-state index contributed by atoms with van der Waals surface area (Å²) in [6.07, 6.45) is 7.00. The Bertz CT molecular complexity index is 692. The predicted octanol–water partition coefficient (Wildman–Crippen LogP) is 1.99. The van der Waals surface area contributed by atoms with Crippen LogP contribution in [0.2, 0.25) is 0 Å². The highest BCUT2D eigenvalue weighted by atomic mass is 16.3. The lowest BCUT2D eigenvalue weighted by Crippen LogP contribution is -2.41. The third-order valence-corrected chi connectivity index (χ3v) is 4.52. The van der Waals surface area contributed by atoms with Crippen LogP contribution in [0.1, 0.15) is 30.0 Å². The van der Waals surface area contributed by atoms with Gasteiger partial charge in [0.25, 0.3) is 0 Å². The van der Waals surface area contributed by atoms with Gasteiger partial charge in [0.1, 0.15) is 0 Å². The van der Waals surface area contributed by atoms with E-state index in [1.54, 1.807) is 18.6 Å². The van der Waals surface area contributed by atoms with Crippen molar-refractivity contribution in [3.05, 3.63) is 42.0 Å². The van der Waals surface area contributed by atoms with Crippen molar-refractivity contribution in [3.63, 3.8) is 0 Å². The Kier molecular flexibility index (Phi) is 5.10. The smallest absolute Gasteiger partial charge is 0.321 e. The number of aromatic nitrogens is 3. The molecule has 0 bridgehead atoms. The summed E-state index contributed by atoms with van der Waals surface area (Å²) in [7, 11) is 0. The van der Waals surface area contributed by atoms with E-state index in [-0.39, 0.29) is 12.6 Å². The molecule has 2 N–H and O–H groups in total. The van der Waals surface area contributed by atoms with E-state index in [0.29, 0.717) is 25.6 Å². The molecule has 0 saturated carbocycles. The average Bonchev–Trinajstić information content (AvgIpc) is 3.06. The largest absolute Gasteiger partial charge is 0.394 e. The Morgan fingerprint density at radius 3 is 2.83 bits per heavy atom. The van der Waals surface area contributed by atoms with Crippen molar-refractivity contribution in [1.29, 1.82) is 0 Å². The van der Waals surface area contributed by atoms with Gasteiger partial charge >= 0.3 is 6.03 Å². The quantitative estimate of drug-likeness (QED) is 0.898. The van der Waals surface area contributed by atoms with E-state index in [4.69, 9.17) is 5.11 Å². The van der Waals surface area contributed by atoms with Crippen LogP contribution in [0.3, 0.4) is 0 Å². The Morgan fingerprint density at radius 2 is 2.12 bits per heavy atom. The van der Waals surface area contributed by atoms with Gasteiger partial charge in [0, 0.05) is 49.0 Å². The van der Waals surface area contributed by atoms with Crippen molar-refractivity contribution in [2.75, 3.05) is 25.0 Å². The topological polar surface area (TPSA) is 83.3 Å². The fourth-order valence-electron chi connectivity index (χ4n) is 3.16. The second-order valence-corrected chi connectivity index (χ2v) is 6.08. The van der Waals surface area contributed by atoms with Gasteiger partial charge in [0.2, 0.25) is 0 Å². The van der Waals surface area contributed by atoms with Gasteiger partial charge < -0.3 is 15.3 Å². The summed E-state index contributed by atoms with van der Waals surface area (Å²) in [6.45, 7) is 3.96. The van der Waals surface area contributed by atoms with Crippen LogP contribution in [-0.4, -0.2) is 50.5 Å². The van der Waals surface area contributed by atoms with E-state index in [1.807, 2.05) is 28.6 Å². The van der Waals surface area contributed by atoms with Crippen LogP contribution >= 0.6 is 0 Å². The van der Waals surface area contributed by atoms with Crippen LogP contribution in [0, 0.1) is 6.92 Å². The van der Waals surface area contributed by atoms with E-state index in [2.05, 4.69) is 15.4 Å². The second-order valence-electron chi connectivity index (χ2n) is 6.08. The molecule has 2 amide bonds. The minimum atomic E-state index is -0.0633. The summed E-state index contributed by atoms with van der Waals surface area (Å²) in [5.41, 5.74) is 2.90. The first-order chi connectivity index (χ1) is 11.7. The van der Waals surface area contributed by atoms with Crippen molar-refractivity contribution in [3.8, 4) is 0 Å². The lowest BCUT2D eigenvalue weighted by molar-refractivity contribution is 0.192. The molecule has 7 nitrogen and oxygen atoms in total. The van der Waals surface area contributed by atoms with E-state index in [0.717, 1.165) is 29.8 Å². The number of nitrogens with zero attached hydrogens (tertiary/aromatic N) is 4. The maximum atomic E-state index is 12.4. The monoisotopic (exact) mass is 329 g/mol. The minimum absolute atomic E-state index is 0.0633. The van der Waals surface area contributed by atoms with Crippen molar-refractivity contribution < 1.29 is 9.90 Å². The van der Waals surface area contributed by atoms with Gasteiger partial charge in [-0.05, 0) is 37.5 Å². The number of aryl methyl sites for hydroxylation is 1. The van der Waals surface area contributed by atoms with E-state index >= 15 is 0 Å². The molecule has 0 atom stereocenters. The molecule has 1 saturated heterocycles. The predicted molar refractivity (Wildman–Crippen MR) is 90.9 cm³/mol. The van der Waals surface area contributed by atoms with Crippen molar-refractivity contribution in [2.45, 2.75) is 32.2 Å². The Morgan fingerprint density at radius 1 is 1.33 bits per heavy atom. The van der Waals surface area contributed by atoms with Crippen LogP contribution in [0.15, 0.2) is 30.7 Å². The van der Waals surface area contributed by atoms with E-state index in [9.17, 15) is 4.79 Å². The molecular formula is C17H23N5O2. The third kappa shape index (κ3) is 3.56. The van der Waals surface area contributed by atoms with Crippen LogP contribution < -0.4 is 5.32 Å². The highest BCUT2D eigenvalue weighted by Crippen LogP contribution is 2.28.